The Morgan fingerprint density at radius 2 is 2.30 bits per heavy atom. The predicted molar refractivity (Wildman–Crippen MR) is 77.1 cm³/mol. The zero-order valence-corrected chi connectivity index (χ0v) is 12.6. The van der Waals surface area contributed by atoms with Gasteiger partial charge in [0, 0.05) is 12.5 Å². The van der Waals surface area contributed by atoms with Gasteiger partial charge in [-0.1, -0.05) is 24.8 Å². The number of aliphatic hydroxyl groups is 1. The van der Waals surface area contributed by atoms with Crippen LogP contribution in [-0.4, -0.2) is 19.4 Å². The Balaban J connectivity index is 2.33. The summed E-state index contributed by atoms with van der Waals surface area (Å²) in [5, 5.41) is 20.6. The lowest BCUT2D eigenvalue weighted by Crippen LogP contribution is -1.96. The van der Waals surface area contributed by atoms with Gasteiger partial charge >= 0.3 is 0 Å². The summed E-state index contributed by atoms with van der Waals surface area (Å²) in [4.78, 5) is 15.5. The predicted octanol–water partition coefficient (Wildman–Crippen LogP) is 3.21. The van der Waals surface area contributed by atoms with Crippen LogP contribution in [0.1, 0.15) is 31.3 Å². The highest BCUT2D eigenvalue weighted by Gasteiger charge is 2.18. The maximum absolute atomic E-state index is 11.1. The van der Waals surface area contributed by atoms with E-state index in [0.717, 1.165) is 12.2 Å². The van der Waals surface area contributed by atoms with Gasteiger partial charge < -0.3 is 5.11 Å². The number of nitrogens with zero attached hydrogens (tertiary/aromatic N) is 3. The van der Waals surface area contributed by atoms with Gasteiger partial charge in [-0.05, 0) is 30.1 Å². The highest BCUT2D eigenvalue weighted by molar-refractivity contribution is 8.01. The molecule has 20 heavy (non-hydrogen) atoms. The lowest BCUT2D eigenvalue weighted by molar-refractivity contribution is -0.387. The molecular weight excluding hydrogens is 298 g/mol. The van der Waals surface area contributed by atoms with E-state index in [-0.39, 0.29) is 5.69 Å². The van der Waals surface area contributed by atoms with Gasteiger partial charge in [0.2, 0.25) is 0 Å². The normalized spacial score (nSPS) is 12.3. The fourth-order valence-electron chi connectivity index (χ4n) is 1.54. The van der Waals surface area contributed by atoms with Gasteiger partial charge in [-0.3, -0.25) is 10.1 Å². The minimum atomic E-state index is -0.735. The molecule has 1 aromatic carbocycles. The SMILES string of the molecule is CCc1nsc(Sc2ccc(C(C)O)cc2[N+](=O)[O-])n1. The van der Waals surface area contributed by atoms with Gasteiger partial charge in [-0.15, -0.1) is 0 Å². The maximum Gasteiger partial charge on any atom is 0.283 e. The summed E-state index contributed by atoms with van der Waals surface area (Å²) in [5.74, 6) is 0.737. The third-order valence-corrected chi connectivity index (χ3v) is 4.48. The molecule has 0 radical (unpaired) electrons. The second-order valence-electron chi connectivity index (χ2n) is 4.09. The first-order valence-corrected chi connectivity index (χ1v) is 7.57. The van der Waals surface area contributed by atoms with Crippen LogP contribution in [0.15, 0.2) is 27.4 Å². The molecule has 2 aromatic rings. The molecule has 0 bridgehead atoms. The van der Waals surface area contributed by atoms with Crippen LogP contribution in [0.4, 0.5) is 5.69 Å². The Morgan fingerprint density at radius 1 is 1.55 bits per heavy atom. The van der Waals surface area contributed by atoms with Crippen molar-refractivity contribution in [3.8, 4) is 0 Å². The maximum atomic E-state index is 11.1. The van der Waals surface area contributed by atoms with Crippen molar-refractivity contribution in [1.82, 2.24) is 9.36 Å². The summed E-state index contributed by atoms with van der Waals surface area (Å²) in [5.41, 5.74) is 0.495. The summed E-state index contributed by atoms with van der Waals surface area (Å²) in [6, 6.07) is 4.72. The number of nitro benzene ring substituents is 1. The van der Waals surface area contributed by atoms with Crippen molar-refractivity contribution in [3.63, 3.8) is 0 Å². The number of aromatic nitrogens is 2. The minimum absolute atomic E-state index is 0.0263. The number of aliphatic hydroxyl groups excluding tert-OH is 1. The molecule has 0 fully saturated rings. The zero-order valence-electron chi connectivity index (χ0n) is 10.9. The van der Waals surface area contributed by atoms with E-state index in [9.17, 15) is 15.2 Å². The van der Waals surface area contributed by atoms with Crippen molar-refractivity contribution in [2.24, 2.45) is 0 Å². The summed E-state index contributed by atoms with van der Waals surface area (Å²) in [7, 11) is 0. The lowest BCUT2D eigenvalue weighted by Gasteiger charge is -2.06. The molecule has 1 N–H and O–H groups in total. The minimum Gasteiger partial charge on any atom is -0.389 e. The highest BCUT2D eigenvalue weighted by Crippen LogP contribution is 2.36. The molecule has 1 aromatic heterocycles. The second-order valence-corrected chi connectivity index (χ2v) is 6.13. The van der Waals surface area contributed by atoms with Crippen molar-refractivity contribution < 1.29 is 10.0 Å². The van der Waals surface area contributed by atoms with E-state index in [2.05, 4.69) is 9.36 Å². The first kappa shape index (κ1) is 14.9. The van der Waals surface area contributed by atoms with Crippen LogP contribution in [0.2, 0.25) is 0 Å². The molecule has 106 valence electrons. The number of rotatable bonds is 5. The van der Waals surface area contributed by atoms with Crippen LogP contribution in [0.25, 0.3) is 0 Å². The molecule has 8 heteroatoms. The van der Waals surface area contributed by atoms with E-state index >= 15 is 0 Å². The standard InChI is InChI=1S/C12H13N3O3S2/c1-3-11-13-12(20-14-11)19-10-5-4-8(7(2)16)6-9(10)15(17)18/h4-7,16H,3H2,1-2H3. The largest absolute Gasteiger partial charge is 0.389 e. The van der Waals surface area contributed by atoms with Gasteiger partial charge in [-0.2, -0.15) is 4.37 Å². The molecule has 6 nitrogen and oxygen atoms in total. The van der Waals surface area contributed by atoms with Crippen LogP contribution < -0.4 is 0 Å². The fraction of sp³-hybridized carbons (Fsp3) is 0.333. The number of benzene rings is 1. The quantitative estimate of drug-likeness (QED) is 0.673. The Labute approximate surface area is 124 Å². The summed E-state index contributed by atoms with van der Waals surface area (Å²) >= 11 is 2.45. The molecule has 0 aliphatic carbocycles. The average Bonchev–Trinajstić information content (AvgIpc) is 2.86. The average molecular weight is 311 g/mol. The van der Waals surface area contributed by atoms with Crippen molar-refractivity contribution in [2.75, 3.05) is 0 Å². The number of aryl methyl sites for hydroxylation is 1. The lowest BCUT2D eigenvalue weighted by atomic mass is 10.1. The van der Waals surface area contributed by atoms with Crippen molar-refractivity contribution >= 4 is 29.0 Å². The Kier molecular flexibility index (Phi) is 4.69. The van der Waals surface area contributed by atoms with Crippen molar-refractivity contribution in [2.45, 2.75) is 35.6 Å². The highest BCUT2D eigenvalue weighted by atomic mass is 32.2. The first-order chi connectivity index (χ1) is 9.51. The van der Waals surface area contributed by atoms with E-state index in [1.807, 2.05) is 6.92 Å². The molecule has 1 unspecified atom stereocenters. The summed E-state index contributed by atoms with van der Waals surface area (Å²) in [6.07, 6.45) is 0.00102. The van der Waals surface area contributed by atoms with E-state index in [4.69, 9.17) is 0 Å². The topological polar surface area (TPSA) is 89.2 Å². The third kappa shape index (κ3) is 3.33. The molecule has 2 rings (SSSR count). The third-order valence-electron chi connectivity index (χ3n) is 2.63. The fourth-order valence-corrected chi connectivity index (χ4v) is 3.28. The van der Waals surface area contributed by atoms with Gasteiger partial charge in [0.15, 0.2) is 4.34 Å². The number of nitro groups is 1. The smallest absolute Gasteiger partial charge is 0.283 e. The molecule has 0 aliphatic heterocycles. The van der Waals surface area contributed by atoms with Gasteiger partial charge in [0.25, 0.3) is 5.69 Å². The Hall–Kier alpha value is -1.51. The number of hydrogen-bond donors (Lipinski definition) is 1. The molecule has 0 spiro atoms. The molecule has 1 heterocycles. The molecule has 0 saturated heterocycles. The van der Waals surface area contributed by atoms with E-state index in [1.165, 1.54) is 29.4 Å². The van der Waals surface area contributed by atoms with Crippen LogP contribution in [0.3, 0.4) is 0 Å². The Morgan fingerprint density at radius 3 is 2.85 bits per heavy atom. The van der Waals surface area contributed by atoms with Crippen LogP contribution in [0, 0.1) is 10.1 Å². The molecule has 0 saturated carbocycles. The second kappa shape index (κ2) is 6.29. The molecule has 1 atom stereocenters. The van der Waals surface area contributed by atoms with Gasteiger partial charge in [0.1, 0.15) is 5.82 Å². The van der Waals surface area contributed by atoms with Crippen LogP contribution in [0.5, 0.6) is 0 Å². The summed E-state index contributed by atoms with van der Waals surface area (Å²) < 4.78 is 4.83. The summed E-state index contributed by atoms with van der Waals surface area (Å²) in [6.45, 7) is 3.53. The van der Waals surface area contributed by atoms with Crippen molar-refractivity contribution in [1.29, 1.82) is 0 Å². The first-order valence-electron chi connectivity index (χ1n) is 5.98. The van der Waals surface area contributed by atoms with E-state index in [1.54, 1.807) is 19.1 Å². The zero-order chi connectivity index (χ0) is 14.7. The number of hydrogen-bond acceptors (Lipinski definition) is 7. The van der Waals surface area contributed by atoms with Gasteiger partial charge in [-0.25, -0.2) is 4.98 Å². The van der Waals surface area contributed by atoms with Crippen LogP contribution in [-0.2, 0) is 6.42 Å². The molecule has 0 amide bonds. The molecule has 0 aliphatic rings. The van der Waals surface area contributed by atoms with E-state index < -0.39 is 11.0 Å². The molecular formula is C12H13N3O3S2. The van der Waals surface area contributed by atoms with Gasteiger partial charge in [0.05, 0.1) is 15.9 Å². The van der Waals surface area contributed by atoms with E-state index in [0.29, 0.717) is 14.8 Å². The Bertz CT molecular complexity index is 628. The van der Waals surface area contributed by atoms with Crippen molar-refractivity contribution in [3.05, 3.63) is 39.7 Å². The monoisotopic (exact) mass is 311 g/mol. The van der Waals surface area contributed by atoms with Crippen LogP contribution >= 0.6 is 23.3 Å².